The lowest BCUT2D eigenvalue weighted by Crippen LogP contribution is -2.61. The molecule has 5 aliphatic carbocycles. The van der Waals surface area contributed by atoms with E-state index in [1.54, 1.807) is 0 Å². The average Bonchev–Trinajstić information content (AvgIpc) is 3.29. The van der Waals surface area contributed by atoms with Crippen molar-refractivity contribution in [3.63, 3.8) is 0 Å². The van der Waals surface area contributed by atoms with E-state index >= 15 is 0 Å². The molecule has 41 heavy (non-hydrogen) atoms. The molecule has 236 valence electrons. The van der Waals surface area contributed by atoms with Crippen molar-refractivity contribution in [2.75, 3.05) is 6.61 Å². The Morgan fingerprint density at radius 3 is 2.37 bits per heavy atom. The maximum absolute atomic E-state index is 12.5. The zero-order valence-corrected chi connectivity index (χ0v) is 27.4. The van der Waals surface area contributed by atoms with Crippen LogP contribution in [0.1, 0.15) is 131 Å². The van der Waals surface area contributed by atoms with Crippen LogP contribution < -0.4 is 4.72 Å². The highest BCUT2D eigenvalue weighted by Crippen LogP contribution is 2.69. The number of hydrogen-bond acceptors (Lipinski definition) is 5. The Morgan fingerprint density at radius 2 is 1.66 bits per heavy atom. The molecule has 0 heterocycles. The lowest BCUT2D eigenvalue weighted by molar-refractivity contribution is -0.198. The molecule has 0 aliphatic heterocycles. The van der Waals surface area contributed by atoms with Crippen LogP contribution in [0.4, 0.5) is 4.79 Å². The summed E-state index contributed by atoms with van der Waals surface area (Å²) in [7, 11) is -3.65. The number of amides is 1. The first-order chi connectivity index (χ1) is 19.4. The summed E-state index contributed by atoms with van der Waals surface area (Å²) < 4.78 is 32.5. The van der Waals surface area contributed by atoms with Gasteiger partial charge < -0.3 is 9.84 Å². The van der Waals surface area contributed by atoms with Crippen LogP contribution in [0.3, 0.4) is 0 Å². The van der Waals surface area contributed by atoms with Gasteiger partial charge in [-0.2, -0.15) is 0 Å². The molecule has 0 radical (unpaired) electrons. The van der Waals surface area contributed by atoms with Crippen LogP contribution >= 0.6 is 0 Å². The number of nitrogens with one attached hydrogen (secondary N) is 1. The molecule has 0 spiro atoms. The number of aliphatic hydroxyl groups excluding tert-OH is 1. The van der Waals surface area contributed by atoms with Gasteiger partial charge in [0.25, 0.3) is 0 Å². The molecule has 5 rings (SSSR count). The molecule has 0 unspecified atom stereocenters. The predicted octanol–water partition coefficient (Wildman–Crippen LogP) is 7.69. The fourth-order valence-corrected chi connectivity index (χ4v) is 12.9. The first kappa shape index (κ1) is 31.6. The van der Waals surface area contributed by atoms with Crippen molar-refractivity contribution in [1.82, 2.24) is 4.72 Å². The summed E-state index contributed by atoms with van der Waals surface area (Å²) in [5, 5.41) is 11.5. The van der Waals surface area contributed by atoms with Crippen LogP contribution in [0.15, 0.2) is 0 Å². The van der Waals surface area contributed by atoms with Crippen LogP contribution in [0, 0.1) is 58.2 Å². The summed E-state index contributed by atoms with van der Waals surface area (Å²) >= 11 is 0. The minimum Gasteiger partial charge on any atom is -0.449 e. The van der Waals surface area contributed by atoms with Gasteiger partial charge in [0, 0.05) is 0 Å². The molecular formula is C34H59NO5S. The minimum atomic E-state index is -3.65. The number of carbonyl (C=O) groups excluding carboxylic acids is 1. The molecule has 5 fully saturated rings. The van der Waals surface area contributed by atoms with Crippen molar-refractivity contribution in [1.29, 1.82) is 0 Å². The van der Waals surface area contributed by atoms with Crippen molar-refractivity contribution in [3.05, 3.63) is 0 Å². The second-order valence-electron chi connectivity index (χ2n) is 15.7. The van der Waals surface area contributed by atoms with Gasteiger partial charge in [0.2, 0.25) is 10.0 Å². The van der Waals surface area contributed by atoms with Crippen molar-refractivity contribution in [2.45, 2.75) is 142 Å². The molecular weight excluding hydrogens is 534 g/mol. The van der Waals surface area contributed by atoms with Crippen LogP contribution in [-0.2, 0) is 14.8 Å². The number of rotatable bonds is 8. The van der Waals surface area contributed by atoms with Crippen LogP contribution in [0.5, 0.6) is 0 Å². The van der Waals surface area contributed by atoms with Crippen LogP contribution in [0.2, 0.25) is 0 Å². The Labute approximate surface area is 250 Å². The number of aliphatic hydroxyl groups is 1. The number of ether oxygens (including phenoxy) is 1. The molecule has 0 aromatic rings. The molecule has 6 nitrogen and oxygen atoms in total. The number of sulfonamides is 1. The fraction of sp³-hybridized carbons (Fsp3) is 0.971. The van der Waals surface area contributed by atoms with Crippen LogP contribution in [-0.4, -0.2) is 37.6 Å². The van der Waals surface area contributed by atoms with E-state index in [1.807, 2.05) is 0 Å². The first-order valence-electron chi connectivity index (χ1n) is 17.3. The number of hydrogen-bond donors (Lipinski definition) is 2. The summed E-state index contributed by atoms with van der Waals surface area (Å²) in [4.78, 5) is 12.3. The molecule has 5 saturated carbocycles. The van der Waals surface area contributed by atoms with Gasteiger partial charge in [-0.05, 0) is 122 Å². The molecule has 0 saturated heterocycles. The molecule has 2 N–H and O–H groups in total. The zero-order chi connectivity index (χ0) is 29.6. The van der Waals surface area contributed by atoms with Gasteiger partial charge in [0.05, 0.1) is 18.0 Å². The Bertz CT molecular complexity index is 1030. The van der Waals surface area contributed by atoms with Crippen LogP contribution in [0.25, 0.3) is 0 Å². The average molecular weight is 594 g/mol. The lowest BCUT2D eigenvalue weighted by Gasteiger charge is -2.65. The Kier molecular flexibility index (Phi) is 9.47. The highest BCUT2D eigenvalue weighted by molar-refractivity contribution is 7.90. The third-order valence-electron chi connectivity index (χ3n) is 13.7. The highest BCUT2D eigenvalue weighted by Gasteiger charge is 2.64. The van der Waals surface area contributed by atoms with Crippen molar-refractivity contribution < 1.29 is 23.1 Å². The van der Waals surface area contributed by atoms with Gasteiger partial charge in [0.15, 0.2) is 0 Å². The number of fused-ring (bicyclic) bond motifs is 5. The third-order valence-corrected chi connectivity index (χ3v) is 15.5. The summed E-state index contributed by atoms with van der Waals surface area (Å²) in [6, 6.07) is 0. The monoisotopic (exact) mass is 593 g/mol. The second-order valence-corrected chi connectivity index (χ2v) is 17.7. The van der Waals surface area contributed by atoms with E-state index in [0.29, 0.717) is 59.7 Å². The second kappa shape index (κ2) is 12.3. The van der Waals surface area contributed by atoms with E-state index < -0.39 is 21.4 Å². The maximum atomic E-state index is 12.5. The van der Waals surface area contributed by atoms with Gasteiger partial charge in [-0.15, -0.1) is 0 Å². The molecule has 0 bridgehead atoms. The Hall–Kier alpha value is -0.820. The van der Waals surface area contributed by atoms with Gasteiger partial charge in [-0.25, -0.2) is 17.9 Å². The lowest BCUT2D eigenvalue weighted by atomic mass is 9.41. The van der Waals surface area contributed by atoms with Crippen molar-refractivity contribution in [3.8, 4) is 0 Å². The number of carbonyl (C=O) groups is 1. The SMILES string of the molecule is CC[C@H]1[C@@H](O)[C@@H]2[C@H](CC[C@]3(C)[C@@H]([C@H](C)CCCOC(=O)NS(=O)(=O)C4CCCCC4)CC[C@@H]23)[C@@]2(C)CC[C@@H](C)C[C@@H]12. The Morgan fingerprint density at radius 1 is 0.976 bits per heavy atom. The zero-order valence-electron chi connectivity index (χ0n) is 26.6. The minimum absolute atomic E-state index is 0.163. The molecule has 0 aromatic carbocycles. The predicted molar refractivity (Wildman–Crippen MR) is 164 cm³/mol. The Balaban J connectivity index is 1.16. The van der Waals surface area contributed by atoms with Gasteiger partial charge >= 0.3 is 6.09 Å². The molecule has 0 aromatic heterocycles. The molecule has 5 aliphatic rings. The van der Waals surface area contributed by atoms with E-state index in [-0.39, 0.29) is 18.1 Å². The third kappa shape index (κ3) is 5.85. The summed E-state index contributed by atoms with van der Waals surface area (Å²) in [5.41, 5.74) is 0.641. The quantitative estimate of drug-likeness (QED) is 0.281. The molecule has 7 heteroatoms. The van der Waals surface area contributed by atoms with Gasteiger partial charge in [-0.1, -0.05) is 66.7 Å². The standard InChI is InChI=1S/C34H59NO5S/c1-6-25-29-21-22(2)16-18-34(29,5)28-17-19-33(4)26(14-15-27(33)30(28)31(25)36)23(3)11-10-20-40-32(37)35-41(38,39)24-12-8-7-9-13-24/h22-31,36H,6-21H2,1-5H3,(H,35,37)/t22-,23-,25-,26-,27+,28+,29+,30+,31-,33-,34-/m1/s1. The molecule has 11 atom stereocenters. The summed E-state index contributed by atoms with van der Waals surface area (Å²) in [6.45, 7) is 12.5. The highest BCUT2D eigenvalue weighted by atomic mass is 32.2. The maximum Gasteiger partial charge on any atom is 0.420 e. The normalized spacial score (nSPS) is 43.9. The van der Waals surface area contributed by atoms with Gasteiger partial charge in [0.1, 0.15) is 0 Å². The first-order valence-corrected chi connectivity index (χ1v) is 18.8. The van der Waals surface area contributed by atoms with E-state index in [4.69, 9.17) is 4.74 Å². The summed E-state index contributed by atoms with van der Waals surface area (Å²) in [5.74, 6) is 4.72. The van der Waals surface area contributed by atoms with E-state index in [2.05, 4.69) is 39.3 Å². The van der Waals surface area contributed by atoms with Crippen molar-refractivity contribution in [2.24, 2.45) is 58.2 Å². The summed E-state index contributed by atoms with van der Waals surface area (Å²) in [6.07, 6.45) is 14.9. The van der Waals surface area contributed by atoms with Crippen molar-refractivity contribution >= 4 is 16.1 Å². The topological polar surface area (TPSA) is 92.7 Å². The van der Waals surface area contributed by atoms with E-state index in [9.17, 15) is 18.3 Å². The van der Waals surface area contributed by atoms with Gasteiger partial charge in [-0.3, -0.25) is 0 Å². The van der Waals surface area contributed by atoms with E-state index in [0.717, 1.165) is 44.4 Å². The fourth-order valence-electron chi connectivity index (χ4n) is 11.5. The van der Waals surface area contributed by atoms with E-state index in [1.165, 1.54) is 44.9 Å². The smallest absolute Gasteiger partial charge is 0.420 e. The molecule has 1 amide bonds. The largest absolute Gasteiger partial charge is 0.449 e.